The van der Waals surface area contributed by atoms with E-state index in [9.17, 15) is 0 Å². The molecule has 0 aliphatic carbocycles. The second-order valence-electron chi connectivity index (χ2n) is 2.39. The van der Waals surface area contributed by atoms with Crippen molar-refractivity contribution in [3.63, 3.8) is 0 Å². The largest absolute Gasteiger partial charge is 0.378 e. The average molecular weight is 144 g/mol. The molecule has 0 unspecified atom stereocenters. The van der Waals surface area contributed by atoms with Gasteiger partial charge >= 0.3 is 0 Å². The first kappa shape index (κ1) is 6.96. The Kier molecular flexibility index (Phi) is 2.42. The Morgan fingerprint density at radius 1 is 1.56 bits per heavy atom. The molecule has 1 aliphatic heterocycles. The Labute approximate surface area is 60.8 Å². The van der Waals surface area contributed by atoms with Crippen molar-refractivity contribution in [3.05, 3.63) is 0 Å². The van der Waals surface area contributed by atoms with Crippen LogP contribution < -0.4 is 11.1 Å². The highest BCUT2D eigenvalue weighted by atomic mass is 32.1. The van der Waals surface area contributed by atoms with Gasteiger partial charge < -0.3 is 11.1 Å². The van der Waals surface area contributed by atoms with E-state index in [0.29, 0.717) is 0 Å². The first-order valence-electron chi connectivity index (χ1n) is 3.34. The van der Waals surface area contributed by atoms with Gasteiger partial charge in [-0.3, -0.25) is 0 Å². The van der Waals surface area contributed by atoms with Gasteiger partial charge in [-0.05, 0) is 19.3 Å². The van der Waals surface area contributed by atoms with Crippen LogP contribution in [-0.4, -0.2) is 17.6 Å². The summed E-state index contributed by atoms with van der Waals surface area (Å²) in [5, 5.41) is 3.10. The Balaban J connectivity index is 2.41. The zero-order valence-electron chi connectivity index (χ0n) is 5.39. The van der Waals surface area contributed by atoms with E-state index in [1.54, 1.807) is 0 Å². The van der Waals surface area contributed by atoms with Gasteiger partial charge in [0.25, 0.3) is 0 Å². The molecule has 0 spiro atoms. The molecule has 52 valence electrons. The van der Waals surface area contributed by atoms with Crippen LogP contribution in [0.25, 0.3) is 0 Å². The maximum Gasteiger partial charge on any atom is 0.0923 e. The molecule has 1 fully saturated rings. The standard InChI is InChI=1S/C6H12N2S/c7-5-3-1-2-4-8-6(5)9/h5H,1-4,7H2,(H,8,9)/t5-/m1/s1. The summed E-state index contributed by atoms with van der Waals surface area (Å²) in [6, 6.07) is 0.113. The predicted molar refractivity (Wildman–Crippen MR) is 42.4 cm³/mol. The van der Waals surface area contributed by atoms with Crippen LogP contribution in [0.1, 0.15) is 19.3 Å². The molecule has 0 aromatic rings. The van der Waals surface area contributed by atoms with E-state index in [1.807, 2.05) is 0 Å². The molecule has 1 aliphatic rings. The minimum atomic E-state index is 0.113. The number of hydrogen-bond acceptors (Lipinski definition) is 2. The molecular weight excluding hydrogens is 132 g/mol. The highest BCUT2D eigenvalue weighted by Gasteiger charge is 2.10. The van der Waals surface area contributed by atoms with Gasteiger partial charge in [-0.15, -0.1) is 0 Å². The molecule has 0 bridgehead atoms. The number of rotatable bonds is 0. The third-order valence-corrected chi connectivity index (χ3v) is 2.02. The van der Waals surface area contributed by atoms with Crippen LogP contribution in [0.3, 0.4) is 0 Å². The molecule has 0 amide bonds. The van der Waals surface area contributed by atoms with Crippen LogP contribution in [0.5, 0.6) is 0 Å². The maximum absolute atomic E-state index is 5.67. The van der Waals surface area contributed by atoms with Crippen molar-refractivity contribution in [3.8, 4) is 0 Å². The second-order valence-corrected chi connectivity index (χ2v) is 2.83. The molecule has 0 aromatic heterocycles. The fourth-order valence-corrected chi connectivity index (χ4v) is 1.18. The quantitative estimate of drug-likeness (QED) is 0.484. The van der Waals surface area contributed by atoms with Crippen LogP contribution in [0.15, 0.2) is 0 Å². The summed E-state index contributed by atoms with van der Waals surface area (Å²) in [5.74, 6) is 0. The molecule has 1 rings (SSSR count). The maximum atomic E-state index is 5.67. The summed E-state index contributed by atoms with van der Waals surface area (Å²) in [7, 11) is 0. The Hall–Kier alpha value is -0.150. The number of nitrogens with one attached hydrogen (secondary N) is 1. The van der Waals surface area contributed by atoms with Crippen LogP contribution >= 0.6 is 12.2 Å². The Morgan fingerprint density at radius 2 is 2.33 bits per heavy atom. The lowest BCUT2D eigenvalue weighted by molar-refractivity contribution is 0.683. The second kappa shape index (κ2) is 3.13. The third-order valence-electron chi connectivity index (χ3n) is 1.58. The van der Waals surface area contributed by atoms with Gasteiger partial charge in [0.15, 0.2) is 0 Å². The van der Waals surface area contributed by atoms with Crippen molar-refractivity contribution < 1.29 is 0 Å². The van der Waals surface area contributed by atoms with E-state index < -0.39 is 0 Å². The van der Waals surface area contributed by atoms with Crippen LogP contribution in [0, 0.1) is 0 Å². The highest BCUT2D eigenvalue weighted by Crippen LogP contribution is 2.03. The van der Waals surface area contributed by atoms with Crippen molar-refractivity contribution in [1.29, 1.82) is 0 Å². The van der Waals surface area contributed by atoms with Gasteiger partial charge in [-0.25, -0.2) is 0 Å². The summed E-state index contributed by atoms with van der Waals surface area (Å²) < 4.78 is 0. The smallest absolute Gasteiger partial charge is 0.0923 e. The van der Waals surface area contributed by atoms with Gasteiger partial charge in [0, 0.05) is 6.54 Å². The zero-order valence-corrected chi connectivity index (χ0v) is 6.21. The van der Waals surface area contributed by atoms with Crippen molar-refractivity contribution in [2.24, 2.45) is 5.73 Å². The molecule has 1 saturated heterocycles. The van der Waals surface area contributed by atoms with Gasteiger partial charge in [0.2, 0.25) is 0 Å². The molecule has 0 saturated carbocycles. The van der Waals surface area contributed by atoms with Crippen molar-refractivity contribution in [2.75, 3.05) is 6.54 Å². The third kappa shape index (κ3) is 1.91. The first-order valence-corrected chi connectivity index (χ1v) is 3.75. The molecule has 0 aromatic carbocycles. The highest BCUT2D eigenvalue weighted by molar-refractivity contribution is 7.80. The van der Waals surface area contributed by atoms with Gasteiger partial charge in [0.05, 0.1) is 11.0 Å². The van der Waals surface area contributed by atoms with E-state index >= 15 is 0 Å². The fourth-order valence-electron chi connectivity index (χ4n) is 0.963. The summed E-state index contributed by atoms with van der Waals surface area (Å²) in [6.45, 7) is 1.01. The number of hydrogen-bond donors (Lipinski definition) is 2. The van der Waals surface area contributed by atoms with Crippen molar-refractivity contribution >= 4 is 17.2 Å². The van der Waals surface area contributed by atoms with Gasteiger partial charge in [-0.1, -0.05) is 12.2 Å². The Bertz CT molecular complexity index is 114. The summed E-state index contributed by atoms with van der Waals surface area (Å²) >= 11 is 4.98. The molecule has 3 heteroatoms. The summed E-state index contributed by atoms with van der Waals surface area (Å²) in [6.07, 6.45) is 3.45. The predicted octanol–water partition coefficient (Wildman–Crippen LogP) is 0.415. The summed E-state index contributed by atoms with van der Waals surface area (Å²) in [4.78, 5) is 0.840. The molecular formula is C6H12N2S. The normalized spacial score (nSPS) is 29.0. The minimum absolute atomic E-state index is 0.113. The van der Waals surface area contributed by atoms with Crippen LogP contribution in [0.4, 0.5) is 0 Å². The molecule has 3 N–H and O–H groups in total. The molecule has 9 heavy (non-hydrogen) atoms. The monoisotopic (exact) mass is 144 g/mol. The zero-order chi connectivity index (χ0) is 6.69. The van der Waals surface area contributed by atoms with Crippen LogP contribution in [-0.2, 0) is 0 Å². The lowest BCUT2D eigenvalue weighted by atomic mass is 10.2. The fraction of sp³-hybridized carbons (Fsp3) is 0.833. The molecule has 1 atom stereocenters. The molecule has 1 heterocycles. The van der Waals surface area contributed by atoms with Crippen molar-refractivity contribution in [2.45, 2.75) is 25.3 Å². The van der Waals surface area contributed by atoms with Gasteiger partial charge in [-0.2, -0.15) is 0 Å². The number of thiocarbonyl (C=S) groups is 1. The van der Waals surface area contributed by atoms with Crippen molar-refractivity contribution in [1.82, 2.24) is 5.32 Å². The van der Waals surface area contributed by atoms with E-state index in [1.165, 1.54) is 12.8 Å². The van der Waals surface area contributed by atoms with E-state index in [4.69, 9.17) is 18.0 Å². The van der Waals surface area contributed by atoms with E-state index in [2.05, 4.69) is 5.32 Å². The lowest BCUT2D eigenvalue weighted by Gasteiger charge is -2.07. The topological polar surface area (TPSA) is 38.0 Å². The minimum Gasteiger partial charge on any atom is -0.378 e. The SMILES string of the molecule is N[C@@H]1CCCCNC1=S. The van der Waals surface area contributed by atoms with E-state index in [0.717, 1.165) is 18.0 Å². The number of nitrogens with two attached hydrogens (primary N) is 1. The molecule has 2 nitrogen and oxygen atoms in total. The van der Waals surface area contributed by atoms with Gasteiger partial charge in [0.1, 0.15) is 0 Å². The van der Waals surface area contributed by atoms with Crippen LogP contribution in [0.2, 0.25) is 0 Å². The Morgan fingerprint density at radius 3 is 3.11 bits per heavy atom. The molecule has 0 radical (unpaired) electrons. The summed E-state index contributed by atoms with van der Waals surface area (Å²) in [5.41, 5.74) is 5.67. The average Bonchev–Trinajstić information content (AvgIpc) is 1.99. The first-order chi connectivity index (χ1) is 4.30. The lowest BCUT2D eigenvalue weighted by Crippen LogP contribution is -2.36. The van der Waals surface area contributed by atoms with E-state index in [-0.39, 0.29) is 6.04 Å².